The molecule has 1 saturated carbocycles. The van der Waals surface area contributed by atoms with Crippen LogP contribution in [-0.2, 0) is 11.0 Å². The first-order chi connectivity index (χ1) is 10.7. The maximum atomic E-state index is 12.7. The highest BCUT2D eigenvalue weighted by molar-refractivity contribution is 6.33. The van der Waals surface area contributed by atoms with Crippen LogP contribution >= 0.6 is 11.6 Å². The number of carbonyl (C=O) groups excluding carboxylic acids is 2. The quantitative estimate of drug-likeness (QED) is 0.889. The van der Waals surface area contributed by atoms with E-state index in [1.165, 1.54) is 0 Å². The Labute approximate surface area is 137 Å². The molecule has 1 aliphatic rings. The van der Waals surface area contributed by atoms with Gasteiger partial charge in [-0.05, 0) is 50.8 Å². The van der Waals surface area contributed by atoms with Crippen LogP contribution in [0.2, 0.25) is 5.02 Å². The third-order valence-electron chi connectivity index (χ3n) is 4.18. The van der Waals surface area contributed by atoms with Gasteiger partial charge in [-0.3, -0.25) is 9.59 Å². The first-order valence-electron chi connectivity index (χ1n) is 7.36. The molecule has 0 radical (unpaired) electrons. The lowest BCUT2D eigenvalue weighted by Crippen LogP contribution is -2.38. The minimum absolute atomic E-state index is 0.0142. The fourth-order valence-corrected chi connectivity index (χ4v) is 2.99. The van der Waals surface area contributed by atoms with E-state index in [4.69, 9.17) is 11.6 Å². The fraction of sp³-hybridized carbons (Fsp3) is 0.500. The van der Waals surface area contributed by atoms with E-state index in [-0.39, 0.29) is 28.3 Å². The topological polar surface area (TPSA) is 46.2 Å². The third-order valence-corrected chi connectivity index (χ3v) is 4.51. The molecular weight excluding hydrogens is 331 g/mol. The van der Waals surface area contributed by atoms with Gasteiger partial charge in [0.2, 0.25) is 0 Å². The molecule has 0 atom stereocenters. The lowest BCUT2D eigenvalue weighted by molar-refractivity contribution is -0.137. The monoisotopic (exact) mass is 347 g/mol. The number of carbonyl (C=O) groups is 2. The highest BCUT2D eigenvalue weighted by Gasteiger charge is 2.32. The van der Waals surface area contributed by atoms with E-state index in [0.717, 1.165) is 18.2 Å². The standard InChI is InChI=1S/C16H17ClF3NO2/c1-9(22)10-2-5-12(6-3-10)21-15(23)13-8-11(16(18,19)20)4-7-14(13)17/h4,7-8,10,12H,2-3,5-6H2,1H3,(H,21,23). The first-order valence-corrected chi connectivity index (χ1v) is 7.74. The maximum Gasteiger partial charge on any atom is 0.416 e. The van der Waals surface area contributed by atoms with E-state index < -0.39 is 17.6 Å². The maximum absolute atomic E-state index is 12.7. The van der Waals surface area contributed by atoms with Crippen LogP contribution in [0.25, 0.3) is 0 Å². The smallest absolute Gasteiger partial charge is 0.349 e. The summed E-state index contributed by atoms with van der Waals surface area (Å²) in [6, 6.07) is 2.53. The van der Waals surface area contributed by atoms with Crippen molar-refractivity contribution in [2.24, 2.45) is 5.92 Å². The second-order valence-electron chi connectivity index (χ2n) is 5.83. The van der Waals surface area contributed by atoms with Crippen LogP contribution in [0, 0.1) is 5.92 Å². The number of ketones is 1. The summed E-state index contributed by atoms with van der Waals surface area (Å²) >= 11 is 5.85. The predicted octanol–water partition coefficient (Wildman–Crippen LogP) is 4.24. The summed E-state index contributed by atoms with van der Waals surface area (Å²) in [6.45, 7) is 1.55. The van der Waals surface area contributed by atoms with Crippen LogP contribution in [0.4, 0.5) is 13.2 Å². The van der Waals surface area contributed by atoms with Gasteiger partial charge in [0.1, 0.15) is 5.78 Å². The van der Waals surface area contributed by atoms with E-state index in [1.54, 1.807) is 6.92 Å². The molecule has 1 aromatic carbocycles. The number of Topliss-reactive ketones (excluding diaryl/α,β-unsaturated/α-hetero) is 1. The molecule has 0 saturated heterocycles. The van der Waals surface area contributed by atoms with Crippen molar-refractivity contribution in [2.75, 3.05) is 0 Å². The summed E-state index contributed by atoms with van der Waals surface area (Å²) < 4.78 is 38.2. The minimum atomic E-state index is -4.53. The van der Waals surface area contributed by atoms with Crippen molar-refractivity contribution in [1.82, 2.24) is 5.32 Å². The van der Waals surface area contributed by atoms with Gasteiger partial charge in [0, 0.05) is 12.0 Å². The molecule has 2 rings (SSSR count). The highest BCUT2D eigenvalue weighted by Crippen LogP contribution is 2.32. The largest absolute Gasteiger partial charge is 0.416 e. The van der Waals surface area contributed by atoms with Crippen LogP contribution in [0.15, 0.2) is 18.2 Å². The summed E-state index contributed by atoms with van der Waals surface area (Å²) in [7, 11) is 0. The van der Waals surface area contributed by atoms with E-state index in [9.17, 15) is 22.8 Å². The zero-order valence-corrected chi connectivity index (χ0v) is 13.3. The molecule has 23 heavy (non-hydrogen) atoms. The summed E-state index contributed by atoms with van der Waals surface area (Å²) in [4.78, 5) is 23.5. The Balaban J connectivity index is 2.05. The Morgan fingerprint density at radius 3 is 2.30 bits per heavy atom. The molecule has 3 nitrogen and oxygen atoms in total. The molecule has 1 N–H and O–H groups in total. The number of nitrogens with one attached hydrogen (secondary N) is 1. The second kappa shape index (κ2) is 6.91. The van der Waals surface area contributed by atoms with Crippen molar-refractivity contribution in [1.29, 1.82) is 0 Å². The SMILES string of the molecule is CC(=O)C1CCC(NC(=O)c2cc(C(F)(F)F)ccc2Cl)CC1. The molecule has 0 spiro atoms. The van der Waals surface area contributed by atoms with Crippen LogP contribution in [-0.4, -0.2) is 17.7 Å². The minimum Gasteiger partial charge on any atom is -0.349 e. The molecule has 1 aromatic rings. The zero-order chi connectivity index (χ0) is 17.2. The number of halogens is 4. The summed E-state index contributed by atoms with van der Waals surface area (Å²) in [6.07, 6.45) is -1.91. The van der Waals surface area contributed by atoms with Gasteiger partial charge in [0.25, 0.3) is 5.91 Å². The molecule has 0 aliphatic heterocycles. The van der Waals surface area contributed by atoms with Crippen molar-refractivity contribution < 1.29 is 22.8 Å². The van der Waals surface area contributed by atoms with Gasteiger partial charge in [-0.15, -0.1) is 0 Å². The molecular formula is C16H17ClF3NO2. The van der Waals surface area contributed by atoms with Gasteiger partial charge < -0.3 is 5.32 Å². The molecule has 1 amide bonds. The molecule has 0 heterocycles. The Morgan fingerprint density at radius 1 is 1.17 bits per heavy atom. The van der Waals surface area contributed by atoms with Gasteiger partial charge in [0.05, 0.1) is 16.1 Å². The number of rotatable bonds is 3. The van der Waals surface area contributed by atoms with Crippen LogP contribution in [0.5, 0.6) is 0 Å². The molecule has 1 fully saturated rings. The van der Waals surface area contributed by atoms with Crippen LogP contribution < -0.4 is 5.32 Å². The molecule has 1 aliphatic carbocycles. The number of hydrogen-bond acceptors (Lipinski definition) is 2. The summed E-state index contributed by atoms with van der Waals surface area (Å²) in [5.74, 6) is -0.469. The van der Waals surface area contributed by atoms with Crippen molar-refractivity contribution >= 4 is 23.3 Å². The number of hydrogen-bond donors (Lipinski definition) is 1. The van der Waals surface area contributed by atoms with E-state index >= 15 is 0 Å². The van der Waals surface area contributed by atoms with Gasteiger partial charge in [-0.1, -0.05) is 11.6 Å². The van der Waals surface area contributed by atoms with Gasteiger partial charge in [-0.25, -0.2) is 0 Å². The molecule has 0 bridgehead atoms. The lowest BCUT2D eigenvalue weighted by Gasteiger charge is -2.27. The van der Waals surface area contributed by atoms with Crippen molar-refractivity contribution in [3.05, 3.63) is 34.3 Å². The average molecular weight is 348 g/mol. The van der Waals surface area contributed by atoms with E-state index in [1.807, 2.05) is 0 Å². The number of benzene rings is 1. The Bertz CT molecular complexity index is 608. The van der Waals surface area contributed by atoms with E-state index in [0.29, 0.717) is 25.7 Å². The number of amides is 1. The average Bonchev–Trinajstić information content (AvgIpc) is 2.46. The van der Waals surface area contributed by atoms with Crippen LogP contribution in [0.3, 0.4) is 0 Å². The predicted molar refractivity (Wildman–Crippen MR) is 80.3 cm³/mol. The van der Waals surface area contributed by atoms with Crippen molar-refractivity contribution in [3.63, 3.8) is 0 Å². The van der Waals surface area contributed by atoms with Gasteiger partial charge >= 0.3 is 6.18 Å². The molecule has 0 aromatic heterocycles. The normalized spacial score (nSPS) is 21.8. The zero-order valence-electron chi connectivity index (χ0n) is 12.5. The Morgan fingerprint density at radius 2 is 1.78 bits per heavy atom. The van der Waals surface area contributed by atoms with Crippen molar-refractivity contribution in [2.45, 2.75) is 44.8 Å². The molecule has 0 unspecified atom stereocenters. The lowest BCUT2D eigenvalue weighted by atomic mass is 9.84. The summed E-state index contributed by atoms with van der Waals surface area (Å²) in [5, 5.41) is 2.69. The van der Waals surface area contributed by atoms with Crippen LogP contribution in [0.1, 0.15) is 48.5 Å². The molecule has 126 valence electrons. The van der Waals surface area contributed by atoms with Gasteiger partial charge in [0.15, 0.2) is 0 Å². The first kappa shape index (κ1) is 17.8. The third kappa shape index (κ3) is 4.47. The van der Waals surface area contributed by atoms with Crippen molar-refractivity contribution in [3.8, 4) is 0 Å². The highest BCUT2D eigenvalue weighted by atomic mass is 35.5. The molecule has 7 heteroatoms. The number of alkyl halides is 3. The Kier molecular flexibility index (Phi) is 5.34. The Hall–Kier alpha value is -1.56. The summed E-state index contributed by atoms with van der Waals surface area (Å²) in [5.41, 5.74) is -1.09. The second-order valence-corrected chi connectivity index (χ2v) is 6.23. The van der Waals surface area contributed by atoms with Gasteiger partial charge in [-0.2, -0.15) is 13.2 Å². The van der Waals surface area contributed by atoms with E-state index in [2.05, 4.69) is 5.32 Å². The fourth-order valence-electron chi connectivity index (χ4n) is 2.78.